The summed E-state index contributed by atoms with van der Waals surface area (Å²) in [5.41, 5.74) is 1.98. The average molecular weight is 485 g/mol. The van der Waals surface area contributed by atoms with Gasteiger partial charge < -0.3 is 0 Å². The van der Waals surface area contributed by atoms with Gasteiger partial charge in [-0.2, -0.15) is 4.40 Å². The Morgan fingerprint density at radius 1 is 1.25 bits per heavy atom. The number of allylic oxidation sites excluding steroid dienone is 3. The van der Waals surface area contributed by atoms with E-state index in [-0.39, 0.29) is 6.54 Å². The number of halogens is 1. The Balaban J connectivity index is 2.09. The molecule has 2 aliphatic rings. The van der Waals surface area contributed by atoms with E-state index in [4.69, 9.17) is 0 Å². The smallest absolute Gasteiger partial charge is 0.244 e. The summed E-state index contributed by atoms with van der Waals surface area (Å²) in [4.78, 5) is 0. The third-order valence-electron chi connectivity index (χ3n) is 4.91. The van der Waals surface area contributed by atoms with Crippen molar-refractivity contribution in [3.8, 4) is 0 Å². The van der Waals surface area contributed by atoms with Crippen LogP contribution in [-0.2, 0) is 21.0 Å². The fraction of sp³-hybridized carbons (Fsp3) is 0.450. The Hall–Kier alpha value is -1.25. The van der Waals surface area contributed by atoms with E-state index in [1.165, 1.54) is 4.31 Å². The van der Waals surface area contributed by atoms with E-state index < -0.39 is 30.5 Å². The van der Waals surface area contributed by atoms with Gasteiger partial charge in [0, 0.05) is 23.0 Å². The molecule has 0 saturated heterocycles. The molecule has 28 heavy (non-hydrogen) atoms. The lowest BCUT2D eigenvalue weighted by molar-refractivity contribution is 0.557. The summed E-state index contributed by atoms with van der Waals surface area (Å²) in [6.45, 7) is 7.65. The number of hydrogen-bond donors (Lipinski definition) is 0. The van der Waals surface area contributed by atoms with E-state index in [9.17, 15) is 12.6 Å². The van der Waals surface area contributed by atoms with Crippen molar-refractivity contribution in [1.29, 1.82) is 0 Å². The van der Waals surface area contributed by atoms with Gasteiger partial charge >= 0.3 is 0 Å². The summed E-state index contributed by atoms with van der Waals surface area (Å²) in [5.74, 6) is 0. The van der Waals surface area contributed by atoms with Crippen molar-refractivity contribution in [2.24, 2.45) is 4.40 Å². The zero-order chi connectivity index (χ0) is 20.7. The van der Waals surface area contributed by atoms with Crippen LogP contribution >= 0.6 is 15.9 Å². The predicted molar refractivity (Wildman–Crippen MR) is 121 cm³/mol. The maximum absolute atomic E-state index is 13.6. The molecule has 0 amide bonds. The molecule has 0 fully saturated rings. The molecule has 0 saturated carbocycles. The average Bonchev–Trinajstić information content (AvgIpc) is 2.61. The van der Waals surface area contributed by atoms with Crippen LogP contribution < -0.4 is 4.31 Å². The fourth-order valence-electron chi connectivity index (χ4n) is 3.15. The largest absolute Gasteiger partial charge is 0.268 e. The Morgan fingerprint density at radius 3 is 2.57 bits per heavy atom. The minimum Gasteiger partial charge on any atom is -0.268 e. The van der Waals surface area contributed by atoms with Crippen LogP contribution in [0, 0.1) is 0 Å². The molecular formula is C20H25BrN2O3S2. The maximum atomic E-state index is 13.6. The molecule has 0 spiro atoms. The number of fused-ring (bicyclic) bond motifs is 1. The lowest BCUT2D eigenvalue weighted by Gasteiger charge is -2.38. The molecule has 2 unspecified atom stereocenters. The van der Waals surface area contributed by atoms with Crippen LogP contribution in [0.15, 0.2) is 51.4 Å². The molecule has 2 atom stereocenters. The van der Waals surface area contributed by atoms with Crippen molar-refractivity contribution in [3.63, 3.8) is 0 Å². The first-order valence-corrected chi connectivity index (χ1v) is 12.5. The van der Waals surface area contributed by atoms with Gasteiger partial charge in [-0.15, -0.1) is 0 Å². The summed E-state index contributed by atoms with van der Waals surface area (Å²) in [5, 5.41) is 0. The van der Waals surface area contributed by atoms with Gasteiger partial charge in [-0.3, -0.25) is 4.31 Å². The van der Waals surface area contributed by atoms with Gasteiger partial charge in [0.05, 0.1) is 16.1 Å². The monoisotopic (exact) mass is 484 g/mol. The Labute approximate surface area is 178 Å². The first-order chi connectivity index (χ1) is 13.0. The lowest BCUT2D eigenvalue weighted by atomic mass is 10.0. The highest BCUT2D eigenvalue weighted by atomic mass is 79.9. The molecule has 152 valence electrons. The molecule has 0 aromatic heterocycles. The highest BCUT2D eigenvalue weighted by Crippen LogP contribution is 2.38. The molecule has 5 nitrogen and oxygen atoms in total. The van der Waals surface area contributed by atoms with Gasteiger partial charge in [-0.25, -0.2) is 12.6 Å². The third-order valence-corrected chi connectivity index (χ3v) is 9.27. The van der Waals surface area contributed by atoms with Crippen molar-refractivity contribution in [3.05, 3.63) is 52.5 Å². The number of benzene rings is 1. The molecule has 0 N–H and O–H groups in total. The molecule has 0 bridgehead atoms. The van der Waals surface area contributed by atoms with E-state index in [0.717, 1.165) is 10.0 Å². The van der Waals surface area contributed by atoms with Gasteiger partial charge in [-0.1, -0.05) is 40.2 Å². The molecule has 1 heterocycles. The van der Waals surface area contributed by atoms with Crippen molar-refractivity contribution in [1.82, 2.24) is 0 Å². The van der Waals surface area contributed by atoms with Crippen molar-refractivity contribution < 1.29 is 12.6 Å². The Bertz CT molecular complexity index is 1010. The van der Waals surface area contributed by atoms with Crippen LogP contribution in [-0.4, -0.2) is 34.4 Å². The molecule has 3 rings (SSSR count). The normalized spacial score (nSPS) is 25.0. The zero-order valence-corrected chi connectivity index (χ0v) is 19.7. The SMILES string of the molecule is CC(C)(C)S(=O)/N=C1\CCN(S(=O)(=O)C2(C)C=CC=CC2)c2cc(Br)ccc21. The van der Waals surface area contributed by atoms with Gasteiger partial charge in [0.1, 0.15) is 15.7 Å². The summed E-state index contributed by atoms with van der Waals surface area (Å²) >= 11 is 3.45. The van der Waals surface area contributed by atoms with Crippen molar-refractivity contribution >= 4 is 48.3 Å². The zero-order valence-electron chi connectivity index (χ0n) is 16.5. The fourth-order valence-corrected chi connectivity index (χ4v) is 5.97. The van der Waals surface area contributed by atoms with Crippen LogP contribution in [0.4, 0.5) is 5.69 Å². The minimum absolute atomic E-state index is 0.277. The number of nitrogens with zero attached hydrogens (tertiary/aromatic N) is 2. The molecular weight excluding hydrogens is 460 g/mol. The molecule has 0 radical (unpaired) electrons. The van der Waals surface area contributed by atoms with E-state index in [1.807, 2.05) is 45.1 Å². The van der Waals surface area contributed by atoms with Crippen LogP contribution in [0.1, 0.15) is 46.1 Å². The molecule has 1 aromatic rings. The van der Waals surface area contributed by atoms with E-state index in [0.29, 0.717) is 24.2 Å². The summed E-state index contributed by atoms with van der Waals surface area (Å²) in [7, 11) is -5.06. The highest BCUT2D eigenvalue weighted by Gasteiger charge is 2.43. The summed E-state index contributed by atoms with van der Waals surface area (Å²) in [6.07, 6.45) is 8.13. The van der Waals surface area contributed by atoms with Crippen molar-refractivity contribution in [2.45, 2.75) is 50.0 Å². The van der Waals surface area contributed by atoms with Crippen LogP contribution in [0.2, 0.25) is 0 Å². The van der Waals surface area contributed by atoms with Gasteiger partial charge in [0.25, 0.3) is 0 Å². The second-order valence-corrected chi connectivity index (χ2v) is 13.3. The van der Waals surface area contributed by atoms with Crippen LogP contribution in [0.25, 0.3) is 0 Å². The lowest BCUT2D eigenvalue weighted by Crippen LogP contribution is -2.48. The summed E-state index contributed by atoms with van der Waals surface area (Å²) < 4.78 is 44.9. The number of hydrogen-bond acceptors (Lipinski definition) is 3. The second-order valence-electron chi connectivity index (χ2n) is 8.19. The van der Waals surface area contributed by atoms with Crippen LogP contribution in [0.3, 0.4) is 0 Å². The predicted octanol–water partition coefficient (Wildman–Crippen LogP) is 4.52. The quantitative estimate of drug-likeness (QED) is 0.633. The van der Waals surface area contributed by atoms with Crippen molar-refractivity contribution in [2.75, 3.05) is 10.8 Å². The molecule has 8 heteroatoms. The first-order valence-electron chi connectivity index (χ1n) is 9.12. The summed E-state index contributed by atoms with van der Waals surface area (Å²) in [6, 6.07) is 5.50. The van der Waals surface area contributed by atoms with E-state index in [1.54, 1.807) is 25.1 Å². The number of rotatable bonds is 3. The minimum atomic E-state index is -3.65. The highest BCUT2D eigenvalue weighted by molar-refractivity contribution is 9.10. The molecule has 1 aliphatic carbocycles. The maximum Gasteiger partial charge on any atom is 0.244 e. The third kappa shape index (κ3) is 3.91. The van der Waals surface area contributed by atoms with E-state index in [2.05, 4.69) is 20.3 Å². The van der Waals surface area contributed by atoms with Gasteiger partial charge in [-0.05, 0) is 52.3 Å². The number of sulfonamides is 1. The van der Waals surface area contributed by atoms with Crippen LogP contribution in [0.5, 0.6) is 0 Å². The second kappa shape index (κ2) is 7.54. The Morgan fingerprint density at radius 2 is 1.96 bits per heavy atom. The Kier molecular flexibility index (Phi) is 5.78. The van der Waals surface area contributed by atoms with Gasteiger partial charge in [0.15, 0.2) is 0 Å². The number of anilines is 1. The molecule has 1 aromatic carbocycles. The standard InChI is InChI=1S/C20H25BrN2O3S2/c1-19(2,3)27(24)22-17-10-13-23(18-14-15(21)8-9-16(17)18)28(25,26)20(4)11-6-5-7-12-20/h5-9,11,14H,10,12-13H2,1-4H3/b22-17+. The first kappa shape index (κ1) is 21.5. The topological polar surface area (TPSA) is 66.8 Å². The van der Waals surface area contributed by atoms with Gasteiger partial charge in [0.2, 0.25) is 10.0 Å². The van der Waals surface area contributed by atoms with E-state index >= 15 is 0 Å². The molecule has 1 aliphatic heterocycles.